The molecule has 3 N–H and O–H groups in total. The van der Waals surface area contributed by atoms with Crippen LogP contribution in [0.2, 0.25) is 0 Å². The summed E-state index contributed by atoms with van der Waals surface area (Å²) in [5.74, 6) is -0.831. The van der Waals surface area contributed by atoms with Crippen LogP contribution in [0, 0.1) is 0 Å². The van der Waals surface area contributed by atoms with Crippen molar-refractivity contribution < 1.29 is 39.2 Å². The van der Waals surface area contributed by atoms with Crippen LogP contribution < -0.4 is 5.32 Å². The molecular formula is C20H21NO9S3. The highest BCUT2D eigenvalue weighted by Gasteiger charge is 2.35. The van der Waals surface area contributed by atoms with E-state index in [0.29, 0.717) is 12.8 Å². The van der Waals surface area contributed by atoms with E-state index < -0.39 is 51.0 Å². The third kappa shape index (κ3) is 6.48. The molecule has 1 aliphatic carbocycles. The number of carbonyl (C=O) groups excluding carboxylic acids is 1. The lowest BCUT2D eigenvalue weighted by Gasteiger charge is -2.09. The Morgan fingerprint density at radius 2 is 1.42 bits per heavy atom. The number of benzene rings is 2. The van der Waals surface area contributed by atoms with E-state index in [0.717, 1.165) is 12.1 Å². The molecule has 10 nitrogen and oxygen atoms in total. The minimum absolute atomic E-state index is 0.0201. The predicted octanol–water partition coefficient (Wildman–Crippen LogP) is 2.39. The molecule has 0 aromatic heterocycles. The first-order chi connectivity index (χ1) is 15.2. The van der Waals surface area contributed by atoms with Gasteiger partial charge < -0.3 is 5.32 Å². The van der Waals surface area contributed by atoms with Gasteiger partial charge in [-0.25, -0.2) is 8.42 Å². The smallest absolute Gasteiger partial charge is 0.295 e. The summed E-state index contributed by atoms with van der Waals surface area (Å²) in [6.45, 7) is 1.22. The van der Waals surface area contributed by atoms with Gasteiger partial charge in [-0.05, 0) is 47.7 Å². The number of hydrogen-bond donors (Lipinski definition) is 3. The molecule has 178 valence electrons. The van der Waals surface area contributed by atoms with Gasteiger partial charge in [0.1, 0.15) is 9.79 Å². The van der Waals surface area contributed by atoms with Crippen LogP contribution in [0.5, 0.6) is 0 Å². The zero-order valence-corrected chi connectivity index (χ0v) is 19.7. The molecule has 0 heterocycles. The van der Waals surface area contributed by atoms with Crippen LogP contribution in [0.15, 0.2) is 46.2 Å². The van der Waals surface area contributed by atoms with Crippen LogP contribution >= 0.6 is 0 Å². The molecule has 1 fully saturated rings. The molecule has 0 bridgehead atoms. The molecule has 13 heteroatoms. The van der Waals surface area contributed by atoms with Gasteiger partial charge in [0, 0.05) is 12.6 Å². The Labute approximate surface area is 191 Å². The molecule has 0 atom stereocenters. The molecule has 0 aliphatic heterocycles. The Morgan fingerprint density at radius 1 is 0.909 bits per heavy atom. The highest BCUT2D eigenvalue weighted by molar-refractivity contribution is 7.91. The number of nitrogens with one attached hydrogen (secondary N) is 1. The van der Waals surface area contributed by atoms with Gasteiger partial charge in [-0.15, -0.1) is 0 Å². The van der Waals surface area contributed by atoms with E-state index in [4.69, 9.17) is 0 Å². The van der Waals surface area contributed by atoms with Crippen LogP contribution in [-0.4, -0.2) is 45.5 Å². The summed E-state index contributed by atoms with van der Waals surface area (Å²) in [5, 5.41) is 1.95. The van der Waals surface area contributed by atoms with Gasteiger partial charge >= 0.3 is 0 Å². The normalized spacial score (nSPS) is 15.0. The van der Waals surface area contributed by atoms with Crippen molar-refractivity contribution in [3.05, 3.63) is 53.1 Å². The molecule has 1 saturated carbocycles. The minimum Gasteiger partial charge on any atom is -0.326 e. The fraction of sp³-hybridized carbons (Fsp3) is 0.250. The topological polar surface area (TPSA) is 172 Å². The second kappa shape index (κ2) is 8.99. The summed E-state index contributed by atoms with van der Waals surface area (Å²) in [7, 11) is -12.9. The monoisotopic (exact) mass is 515 g/mol. The van der Waals surface area contributed by atoms with E-state index in [1.807, 2.05) is 0 Å². The number of anilines is 1. The molecule has 3 rings (SSSR count). The van der Waals surface area contributed by atoms with Gasteiger partial charge in [0.05, 0.1) is 11.0 Å². The molecule has 1 aliphatic rings. The van der Waals surface area contributed by atoms with E-state index in [9.17, 15) is 39.2 Å². The van der Waals surface area contributed by atoms with Gasteiger partial charge in [-0.1, -0.05) is 30.4 Å². The van der Waals surface area contributed by atoms with Crippen LogP contribution in [0.25, 0.3) is 12.2 Å². The SMILES string of the molecule is CC(=O)Nc1ccc(/C=C/c2ccc(CS(=O)(=O)C3CC3)cc2S(=O)(=O)O)c(S(=O)(=O)O)c1. The summed E-state index contributed by atoms with van der Waals surface area (Å²) >= 11 is 0. The summed E-state index contributed by atoms with van der Waals surface area (Å²) in [4.78, 5) is 10.1. The molecule has 0 radical (unpaired) electrons. The van der Waals surface area contributed by atoms with Gasteiger partial charge in [-0.3, -0.25) is 13.9 Å². The zero-order chi connectivity index (χ0) is 24.6. The number of carbonyl (C=O) groups is 1. The van der Waals surface area contributed by atoms with Gasteiger partial charge in [-0.2, -0.15) is 16.8 Å². The maximum absolute atomic E-state index is 12.2. The maximum atomic E-state index is 12.2. The van der Waals surface area contributed by atoms with Crippen molar-refractivity contribution in [1.82, 2.24) is 0 Å². The molecule has 33 heavy (non-hydrogen) atoms. The second-order valence-corrected chi connectivity index (χ2v) is 12.7. The Morgan fingerprint density at radius 3 is 1.91 bits per heavy atom. The van der Waals surface area contributed by atoms with E-state index in [-0.39, 0.29) is 28.1 Å². The fourth-order valence-corrected chi connectivity index (χ4v) is 6.34. The van der Waals surface area contributed by atoms with E-state index in [2.05, 4.69) is 5.32 Å². The average molecular weight is 516 g/mol. The lowest BCUT2D eigenvalue weighted by Crippen LogP contribution is -2.11. The molecular weight excluding hydrogens is 494 g/mol. The van der Waals surface area contributed by atoms with Crippen molar-refractivity contribution in [2.75, 3.05) is 5.32 Å². The highest BCUT2D eigenvalue weighted by atomic mass is 32.2. The number of sulfone groups is 1. The van der Waals surface area contributed by atoms with Crippen molar-refractivity contribution in [1.29, 1.82) is 0 Å². The number of rotatable bonds is 8. The standard InChI is InChI=1S/C20H21NO9S3/c1-13(22)21-17-7-6-16(20(11-17)33(28,29)30)5-4-15-3-2-14(10-19(15)32(25,26)27)12-31(23,24)18-8-9-18/h2-7,10-11,18H,8-9,12H2,1H3,(H,21,22)(H,25,26,27)(H,28,29,30)/b5-4+. The van der Waals surface area contributed by atoms with Gasteiger partial charge in [0.25, 0.3) is 20.2 Å². The van der Waals surface area contributed by atoms with E-state index in [1.165, 1.54) is 43.3 Å². The molecule has 1 amide bonds. The van der Waals surface area contributed by atoms with Crippen molar-refractivity contribution in [3.8, 4) is 0 Å². The minimum atomic E-state index is -4.74. The molecule has 0 spiro atoms. The first-order valence-electron chi connectivity index (χ1n) is 9.56. The molecule has 0 unspecified atom stereocenters. The lowest BCUT2D eigenvalue weighted by atomic mass is 10.1. The van der Waals surface area contributed by atoms with Gasteiger partial charge in [0.15, 0.2) is 9.84 Å². The lowest BCUT2D eigenvalue weighted by molar-refractivity contribution is -0.114. The first kappa shape index (κ1) is 25.1. The largest absolute Gasteiger partial charge is 0.326 e. The molecule has 2 aromatic rings. The second-order valence-electron chi connectivity index (χ2n) is 7.60. The average Bonchev–Trinajstić information content (AvgIpc) is 3.51. The summed E-state index contributed by atoms with van der Waals surface area (Å²) in [6, 6.07) is 7.44. The number of hydrogen-bond acceptors (Lipinski definition) is 7. The van der Waals surface area contributed by atoms with E-state index in [1.54, 1.807) is 0 Å². The van der Waals surface area contributed by atoms with Crippen LogP contribution in [0.1, 0.15) is 36.5 Å². The number of amides is 1. The van der Waals surface area contributed by atoms with Crippen molar-refractivity contribution in [2.24, 2.45) is 0 Å². The third-order valence-electron chi connectivity index (χ3n) is 4.81. The predicted molar refractivity (Wildman–Crippen MR) is 121 cm³/mol. The van der Waals surface area contributed by atoms with Crippen LogP contribution in [0.4, 0.5) is 5.69 Å². The summed E-state index contributed by atoms with van der Waals surface area (Å²) in [5.41, 5.74) is 0.252. The van der Waals surface area contributed by atoms with Crippen molar-refractivity contribution in [2.45, 2.75) is 40.6 Å². The maximum Gasteiger partial charge on any atom is 0.295 e. The first-order valence-corrected chi connectivity index (χ1v) is 14.2. The van der Waals surface area contributed by atoms with Gasteiger partial charge in [0.2, 0.25) is 5.91 Å². The fourth-order valence-electron chi connectivity index (χ4n) is 3.16. The van der Waals surface area contributed by atoms with Crippen LogP contribution in [-0.2, 0) is 40.6 Å². The van der Waals surface area contributed by atoms with Crippen molar-refractivity contribution >= 4 is 53.8 Å². The third-order valence-corrected chi connectivity index (χ3v) is 8.85. The Bertz CT molecular complexity index is 1450. The van der Waals surface area contributed by atoms with Crippen LogP contribution in [0.3, 0.4) is 0 Å². The highest BCUT2D eigenvalue weighted by Crippen LogP contribution is 2.32. The Balaban J connectivity index is 2.02. The molecule has 0 saturated heterocycles. The summed E-state index contributed by atoms with van der Waals surface area (Å²) < 4.78 is 91.0. The Kier molecular flexibility index (Phi) is 6.82. The quantitative estimate of drug-likeness (QED) is 0.352. The van der Waals surface area contributed by atoms with E-state index >= 15 is 0 Å². The molecule has 2 aromatic carbocycles. The zero-order valence-electron chi connectivity index (χ0n) is 17.3. The van der Waals surface area contributed by atoms with Crippen molar-refractivity contribution in [3.63, 3.8) is 0 Å². The summed E-state index contributed by atoms with van der Waals surface area (Å²) in [6.07, 6.45) is 3.52. The Hall–Kier alpha value is -2.58.